The van der Waals surface area contributed by atoms with Gasteiger partial charge in [-0.3, -0.25) is 9.20 Å². The Balaban J connectivity index is 1.56. The molecule has 4 nitrogen and oxygen atoms in total. The maximum absolute atomic E-state index is 12.6. The van der Waals surface area contributed by atoms with Gasteiger partial charge in [-0.05, 0) is 68.1 Å². The van der Waals surface area contributed by atoms with E-state index in [-0.39, 0.29) is 5.91 Å². The summed E-state index contributed by atoms with van der Waals surface area (Å²) in [6.07, 6.45) is 2.34. The summed E-state index contributed by atoms with van der Waals surface area (Å²) in [5, 5.41) is 5.02. The van der Waals surface area contributed by atoms with E-state index in [0.29, 0.717) is 6.42 Å². The number of amides is 1. The first-order valence-electron chi connectivity index (χ1n) is 9.30. The number of carbonyl (C=O) groups is 1. The molecule has 0 spiro atoms. The third-order valence-corrected chi connectivity index (χ3v) is 5.82. The molecule has 1 amide bonds. The van der Waals surface area contributed by atoms with Crippen molar-refractivity contribution in [3.05, 3.63) is 75.9 Å². The van der Waals surface area contributed by atoms with Crippen molar-refractivity contribution in [2.24, 2.45) is 0 Å². The molecular weight excluding hydrogens is 366 g/mol. The van der Waals surface area contributed by atoms with E-state index < -0.39 is 0 Å². The lowest BCUT2D eigenvalue weighted by Gasteiger charge is -2.07. The zero-order chi connectivity index (χ0) is 19.8. The number of thiazole rings is 1. The van der Waals surface area contributed by atoms with E-state index >= 15 is 0 Å². The van der Waals surface area contributed by atoms with Gasteiger partial charge in [0.1, 0.15) is 0 Å². The monoisotopic (exact) mass is 389 g/mol. The number of fused-ring (bicyclic) bond motifs is 1. The molecule has 4 rings (SSSR count). The van der Waals surface area contributed by atoms with Gasteiger partial charge in [-0.25, -0.2) is 4.98 Å². The molecule has 0 saturated carbocycles. The summed E-state index contributed by atoms with van der Waals surface area (Å²) in [5.41, 5.74) is 8.63. The van der Waals surface area contributed by atoms with Gasteiger partial charge in [0.05, 0.1) is 12.1 Å². The molecule has 28 heavy (non-hydrogen) atoms. The van der Waals surface area contributed by atoms with Crippen molar-refractivity contribution >= 4 is 27.9 Å². The highest BCUT2D eigenvalue weighted by molar-refractivity contribution is 7.15. The number of anilines is 1. The Morgan fingerprint density at radius 1 is 1.04 bits per heavy atom. The molecule has 1 N–H and O–H groups in total. The SMILES string of the molecule is Cc1cc(C)cc(NC(=O)Cc2csc3nc(-c4ccc(C)c(C)c4)cn23)c1. The normalized spacial score (nSPS) is 11.1. The summed E-state index contributed by atoms with van der Waals surface area (Å²) in [6.45, 7) is 8.28. The lowest BCUT2D eigenvalue weighted by atomic mass is 10.0. The van der Waals surface area contributed by atoms with E-state index in [1.165, 1.54) is 11.1 Å². The Kier molecular flexibility index (Phi) is 4.77. The van der Waals surface area contributed by atoms with Crippen LogP contribution in [0.15, 0.2) is 48.0 Å². The van der Waals surface area contributed by atoms with Crippen molar-refractivity contribution in [1.82, 2.24) is 9.38 Å². The summed E-state index contributed by atoms with van der Waals surface area (Å²) in [4.78, 5) is 18.2. The minimum absolute atomic E-state index is 0.0221. The summed E-state index contributed by atoms with van der Waals surface area (Å²) >= 11 is 1.56. The predicted molar refractivity (Wildman–Crippen MR) is 116 cm³/mol. The minimum atomic E-state index is -0.0221. The second-order valence-corrected chi connectivity index (χ2v) is 8.24. The summed E-state index contributed by atoms with van der Waals surface area (Å²) < 4.78 is 2.02. The Morgan fingerprint density at radius 2 is 1.79 bits per heavy atom. The molecule has 0 aliphatic carbocycles. The van der Waals surface area contributed by atoms with Crippen LogP contribution in [0.2, 0.25) is 0 Å². The molecule has 142 valence electrons. The summed E-state index contributed by atoms with van der Waals surface area (Å²) in [7, 11) is 0. The topological polar surface area (TPSA) is 46.4 Å². The third-order valence-electron chi connectivity index (χ3n) is 4.93. The smallest absolute Gasteiger partial charge is 0.230 e. The number of hydrogen-bond donors (Lipinski definition) is 1. The lowest BCUT2D eigenvalue weighted by Crippen LogP contribution is -2.15. The zero-order valence-electron chi connectivity index (χ0n) is 16.5. The Morgan fingerprint density at radius 3 is 2.50 bits per heavy atom. The molecule has 0 atom stereocenters. The standard InChI is InChI=1S/C23H23N3OS/c1-14-7-15(2)9-19(8-14)24-22(27)11-20-13-28-23-25-21(12-26(20)23)18-6-5-16(3)17(4)10-18/h5-10,12-13H,11H2,1-4H3,(H,24,27). The van der Waals surface area contributed by atoms with Crippen LogP contribution in [0.3, 0.4) is 0 Å². The van der Waals surface area contributed by atoms with E-state index in [0.717, 1.165) is 38.7 Å². The highest BCUT2D eigenvalue weighted by Gasteiger charge is 2.13. The molecule has 0 unspecified atom stereocenters. The van der Waals surface area contributed by atoms with Crippen molar-refractivity contribution in [2.75, 3.05) is 5.32 Å². The van der Waals surface area contributed by atoms with Gasteiger partial charge in [0.2, 0.25) is 5.91 Å². The fourth-order valence-electron chi connectivity index (χ4n) is 3.41. The number of hydrogen-bond acceptors (Lipinski definition) is 3. The average Bonchev–Trinajstić information content (AvgIpc) is 3.18. The molecule has 4 aromatic rings. The molecule has 0 bridgehead atoms. The van der Waals surface area contributed by atoms with Crippen molar-refractivity contribution in [1.29, 1.82) is 0 Å². The molecule has 5 heteroatoms. The molecule has 0 fully saturated rings. The predicted octanol–water partition coefficient (Wildman–Crippen LogP) is 5.48. The number of benzene rings is 2. The Labute approximate surface area is 168 Å². The quantitative estimate of drug-likeness (QED) is 0.502. The molecule has 2 aromatic carbocycles. The largest absolute Gasteiger partial charge is 0.326 e. The summed E-state index contributed by atoms with van der Waals surface area (Å²) in [6, 6.07) is 12.5. The van der Waals surface area contributed by atoms with Gasteiger partial charge in [-0.15, -0.1) is 11.3 Å². The fourth-order valence-corrected chi connectivity index (χ4v) is 4.29. The van der Waals surface area contributed by atoms with E-state index in [2.05, 4.69) is 43.4 Å². The number of rotatable bonds is 4. The van der Waals surface area contributed by atoms with Gasteiger partial charge < -0.3 is 5.32 Å². The minimum Gasteiger partial charge on any atom is -0.326 e. The van der Waals surface area contributed by atoms with Crippen molar-refractivity contribution < 1.29 is 4.79 Å². The summed E-state index contributed by atoms with van der Waals surface area (Å²) in [5.74, 6) is -0.0221. The van der Waals surface area contributed by atoms with Gasteiger partial charge in [-0.1, -0.05) is 18.2 Å². The average molecular weight is 390 g/mol. The van der Waals surface area contributed by atoms with Gasteiger partial charge in [0, 0.05) is 28.5 Å². The number of nitrogens with zero attached hydrogens (tertiary/aromatic N) is 2. The number of aryl methyl sites for hydroxylation is 4. The van der Waals surface area contributed by atoms with Crippen LogP contribution >= 0.6 is 11.3 Å². The zero-order valence-corrected chi connectivity index (χ0v) is 17.4. The van der Waals surface area contributed by atoms with Gasteiger partial charge in [0.25, 0.3) is 0 Å². The first-order valence-corrected chi connectivity index (χ1v) is 10.2. The van der Waals surface area contributed by atoms with Crippen LogP contribution in [0.25, 0.3) is 16.2 Å². The highest BCUT2D eigenvalue weighted by Crippen LogP contribution is 2.25. The molecule has 0 saturated heterocycles. The second-order valence-electron chi connectivity index (χ2n) is 7.41. The molecular formula is C23H23N3OS. The third kappa shape index (κ3) is 3.71. The van der Waals surface area contributed by atoms with E-state index in [1.807, 2.05) is 42.0 Å². The fraction of sp³-hybridized carbons (Fsp3) is 0.217. The van der Waals surface area contributed by atoms with Gasteiger partial charge in [-0.2, -0.15) is 0 Å². The second kappa shape index (κ2) is 7.24. The maximum atomic E-state index is 12.6. The van der Waals surface area contributed by atoms with Crippen LogP contribution in [0.5, 0.6) is 0 Å². The first kappa shape index (κ1) is 18.4. The number of carbonyl (C=O) groups excluding carboxylic acids is 1. The van der Waals surface area contributed by atoms with Gasteiger partial charge in [0.15, 0.2) is 4.96 Å². The molecule has 2 heterocycles. The van der Waals surface area contributed by atoms with Crippen LogP contribution in [0.1, 0.15) is 27.9 Å². The van der Waals surface area contributed by atoms with Crippen LogP contribution < -0.4 is 5.32 Å². The van der Waals surface area contributed by atoms with Crippen molar-refractivity contribution in [3.63, 3.8) is 0 Å². The van der Waals surface area contributed by atoms with Crippen LogP contribution in [0.4, 0.5) is 5.69 Å². The van der Waals surface area contributed by atoms with Crippen LogP contribution in [0, 0.1) is 27.7 Å². The maximum Gasteiger partial charge on any atom is 0.230 e. The Bertz CT molecular complexity index is 1170. The molecule has 0 radical (unpaired) electrons. The van der Waals surface area contributed by atoms with E-state index in [1.54, 1.807) is 11.3 Å². The molecule has 2 aromatic heterocycles. The number of imidazole rings is 1. The van der Waals surface area contributed by atoms with Crippen molar-refractivity contribution in [2.45, 2.75) is 34.1 Å². The van der Waals surface area contributed by atoms with E-state index in [9.17, 15) is 4.79 Å². The first-order chi connectivity index (χ1) is 13.4. The van der Waals surface area contributed by atoms with Crippen LogP contribution in [-0.2, 0) is 11.2 Å². The molecule has 0 aliphatic rings. The Hall–Kier alpha value is -2.92. The van der Waals surface area contributed by atoms with Gasteiger partial charge >= 0.3 is 0 Å². The molecule has 0 aliphatic heterocycles. The van der Waals surface area contributed by atoms with Crippen molar-refractivity contribution in [3.8, 4) is 11.3 Å². The number of nitrogens with one attached hydrogen (secondary N) is 1. The number of aromatic nitrogens is 2. The lowest BCUT2D eigenvalue weighted by molar-refractivity contribution is -0.115. The van der Waals surface area contributed by atoms with E-state index in [4.69, 9.17) is 4.98 Å². The highest BCUT2D eigenvalue weighted by atomic mass is 32.1. The van der Waals surface area contributed by atoms with Crippen LogP contribution in [-0.4, -0.2) is 15.3 Å².